The van der Waals surface area contributed by atoms with E-state index in [1.54, 1.807) is 19.2 Å². The van der Waals surface area contributed by atoms with Crippen LogP contribution in [0.15, 0.2) is 47.6 Å². The molecule has 1 aliphatic rings. The average Bonchev–Trinajstić information content (AvgIpc) is 2.72. The summed E-state index contributed by atoms with van der Waals surface area (Å²) in [6.07, 6.45) is 0. The van der Waals surface area contributed by atoms with Crippen LogP contribution in [0.5, 0.6) is 11.5 Å². The number of carbonyl (C=O) groups excluding carboxylic acids is 1. The Morgan fingerprint density at radius 2 is 2.00 bits per heavy atom. The number of hydrogen-bond acceptors (Lipinski definition) is 6. The second kappa shape index (κ2) is 9.34. The number of nitrogens with zero attached hydrogens (tertiary/aromatic N) is 2. The molecule has 0 bridgehead atoms. The van der Waals surface area contributed by atoms with Gasteiger partial charge in [-0.25, -0.2) is 5.43 Å². The number of methoxy groups -OCH3 is 1. The van der Waals surface area contributed by atoms with Gasteiger partial charge < -0.3 is 14.6 Å². The third kappa shape index (κ3) is 5.09. The molecule has 7 heteroatoms. The van der Waals surface area contributed by atoms with Gasteiger partial charge in [-0.15, -0.1) is 0 Å². The zero-order valence-corrected chi connectivity index (χ0v) is 16.1. The van der Waals surface area contributed by atoms with Crippen LogP contribution in [0.2, 0.25) is 0 Å². The van der Waals surface area contributed by atoms with Crippen LogP contribution in [-0.2, 0) is 11.3 Å². The maximum absolute atomic E-state index is 12.2. The second-order valence-electron chi connectivity index (χ2n) is 6.60. The molecule has 0 aliphatic carbocycles. The number of nitrogens with one attached hydrogen (secondary N) is 1. The molecule has 0 aromatic heterocycles. The Balaban J connectivity index is 1.73. The van der Waals surface area contributed by atoms with E-state index in [0.717, 1.165) is 49.7 Å². The fraction of sp³-hybridized carbons (Fsp3) is 0.333. The van der Waals surface area contributed by atoms with Crippen molar-refractivity contribution in [3.05, 3.63) is 59.2 Å². The van der Waals surface area contributed by atoms with Crippen LogP contribution in [0, 0.1) is 0 Å². The van der Waals surface area contributed by atoms with Crippen LogP contribution in [0.25, 0.3) is 0 Å². The number of hydrogen-bond donors (Lipinski definition) is 2. The minimum atomic E-state index is -0.377. The molecule has 28 heavy (non-hydrogen) atoms. The van der Waals surface area contributed by atoms with Crippen LogP contribution in [0.1, 0.15) is 28.4 Å². The molecule has 3 rings (SSSR count). The normalized spacial score (nSPS) is 15.3. The second-order valence-corrected chi connectivity index (χ2v) is 6.60. The smallest absolute Gasteiger partial charge is 0.271 e. The van der Waals surface area contributed by atoms with Crippen LogP contribution in [-0.4, -0.2) is 55.0 Å². The highest BCUT2D eigenvalue weighted by Gasteiger charge is 2.14. The third-order valence-electron chi connectivity index (χ3n) is 4.63. The van der Waals surface area contributed by atoms with Gasteiger partial charge in [0.05, 0.1) is 26.0 Å². The fourth-order valence-corrected chi connectivity index (χ4v) is 3.04. The van der Waals surface area contributed by atoms with Gasteiger partial charge in [-0.2, -0.15) is 5.10 Å². The topological polar surface area (TPSA) is 83.4 Å². The van der Waals surface area contributed by atoms with Crippen molar-refractivity contribution in [1.82, 2.24) is 10.3 Å². The maximum atomic E-state index is 12.2. The lowest BCUT2D eigenvalue weighted by Gasteiger charge is -2.27. The minimum Gasteiger partial charge on any atom is -0.508 e. The molecule has 1 amide bonds. The van der Waals surface area contributed by atoms with Crippen molar-refractivity contribution in [2.24, 2.45) is 5.10 Å². The predicted molar refractivity (Wildman–Crippen MR) is 107 cm³/mol. The molecule has 0 atom stereocenters. The molecule has 2 aromatic carbocycles. The minimum absolute atomic E-state index is 0.0382. The Morgan fingerprint density at radius 3 is 2.71 bits per heavy atom. The van der Waals surface area contributed by atoms with Gasteiger partial charge >= 0.3 is 0 Å². The molecule has 7 nitrogen and oxygen atoms in total. The summed E-state index contributed by atoms with van der Waals surface area (Å²) >= 11 is 0. The summed E-state index contributed by atoms with van der Waals surface area (Å²) in [5.74, 6) is 0.486. The summed E-state index contributed by atoms with van der Waals surface area (Å²) in [6, 6.07) is 12.0. The van der Waals surface area contributed by atoms with Crippen LogP contribution < -0.4 is 10.2 Å². The maximum Gasteiger partial charge on any atom is 0.271 e. The van der Waals surface area contributed by atoms with Gasteiger partial charge in [0.25, 0.3) is 5.91 Å². The molecule has 0 unspecified atom stereocenters. The van der Waals surface area contributed by atoms with Crippen LogP contribution >= 0.6 is 0 Å². The van der Waals surface area contributed by atoms with Gasteiger partial charge in [0, 0.05) is 30.8 Å². The summed E-state index contributed by atoms with van der Waals surface area (Å²) in [7, 11) is 1.66. The lowest BCUT2D eigenvalue weighted by Crippen LogP contribution is -2.35. The van der Waals surface area contributed by atoms with Gasteiger partial charge in [-0.3, -0.25) is 9.69 Å². The van der Waals surface area contributed by atoms with Crippen molar-refractivity contribution in [2.75, 3.05) is 33.4 Å². The average molecular weight is 383 g/mol. The van der Waals surface area contributed by atoms with Crippen LogP contribution in [0.3, 0.4) is 0 Å². The van der Waals surface area contributed by atoms with Crippen molar-refractivity contribution in [3.8, 4) is 11.5 Å². The van der Waals surface area contributed by atoms with E-state index in [2.05, 4.69) is 15.4 Å². The molecule has 0 radical (unpaired) electrons. The summed E-state index contributed by atoms with van der Waals surface area (Å²) in [5.41, 5.74) is 5.53. The Labute approximate surface area is 164 Å². The molecule has 1 aliphatic heterocycles. The van der Waals surface area contributed by atoms with E-state index in [4.69, 9.17) is 9.47 Å². The molecule has 1 fully saturated rings. The Morgan fingerprint density at radius 1 is 1.21 bits per heavy atom. The highest BCUT2D eigenvalue weighted by atomic mass is 16.5. The third-order valence-corrected chi connectivity index (χ3v) is 4.63. The fourth-order valence-electron chi connectivity index (χ4n) is 3.04. The molecule has 1 saturated heterocycles. The monoisotopic (exact) mass is 383 g/mol. The van der Waals surface area contributed by atoms with E-state index in [9.17, 15) is 9.90 Å². The number of aromatic hydroxyl groups is 1. The number of ether oxygens (including phenoxy) is 2. The van der Waals surface area contributed by atoms with Crippen molar-refractivity contribution in [1.29, 1.82) is 0 Å². The van der Waals surface area contributed by atoms with E-state index in [0.29, 0.717) is 11.3 Å². The highest BCUT2D eigenvalue weighted by molar-refractivity contribution is 6.01. The van der Waals surface area contributed by atoms with E-state index >= 15 is 0 Å². The van der Waals surface area contributed by atoms with Crippen LogP contribution in [0.4, 0.5) is 0 Å². The number of benzene rings is 2. The SMILES string of the molecule is COc1ccc(/C(C)=N\NC(=O)c2cccc(O)c2)cc1CN1CCOCC1. The van der Waals surface area contributed by atoms with Crippen molar-refractivity contribution in [3.63, 3.8) is 0 Å². The van der Waals surface area contributed by atoms with Crippen molar-refractivity contribution >= 4 is 11.6 Å². The first-order chi connectivity index (χ1) is 13.6. The Hall–Kier alpha value is -2.90. The standard InChI is InChI=1S/C21H25N3O4/c1-15(22-23-21(26)17-4-3-5-19(25)13-17)16-6-7-20(27-2)18(12-16)14-24-8-10-28-11-9-24/h3-7,12-13,25H,8-11,14H2,1-2H3,(H,23,26)/b22-15-. The quantitative estimate of drug-likeness (QED) is 0.591. The van der Waals surface area contributed by atoms with Gasteiger partial charge in [0.15, 0.2) is 0 Å². The number of phenolic OH excluding ortho intramolecular Hbond substituents is 1. The summed E-state index contributed by atoms with van der Waals surface area (Å²) < 4.78 is 10.9. The Bertz CT molecular complexity index is 860. The first kappa shape index (κ1) is 19.9. The van der Waals surface area contributed by atoms with E-state index in [-0.39, 0.29) is 11.7 Å². The predicted octanol–water partition coefficient (Wildman–Crippen LogP) is 2.39. The first-order valence-corrected chi connectivity index (χ1v) is 9.18. The van der Waals surface area contributed by atoms with Crippen molar-refractivity contribution in [2.45, 2.75) is 13.5 Å². The number of rotatable bonds is 6. The summed E-state index contributed by atoms with van der Waals surface area (Å²) in [5, 5.41) is 13.7. The molecular formula is C21H25N3O4. The zero-order valence-electron chi connectivity index (χ0n) is 16.1. The van der Waals surface area contributed by atoms with E-state index < -0.39 is 0 Å². The number of carbonyl (C=O) groups is 1. The first-order valence-electron chi connectivity index (χ1n) is 9.18. The molecular weight excluding hydrogens is 358 g/mol. The molecule has 2 N–H and O–H groups in total. The van der Waals surface area contributed by atoms with Crippen molar-refractivity contribution < 1.29 is 19.4 Å². The molecule has 0 spiro atoms. The Kier molecular flexibility index (Phi) is 6.62. The van der Waals surface area contributed by atoms with Gasteiger partial charge in [-0.1, -0.05) is 6.07 Å². The molecule has 1 heterocycles. The number of amides is 1. The zero-order chi connectivity index (χ0) is 19.9. The van der Waals surface area contributed by atoms with Gasteiger partial charge in [0.2, 0.25) is 0 Å². The summed E-state index contributed by atoms with van der Waals surface area (Å²) in [4.78, 5) is 14.5. The number of phenols is 1. The highest BCUT2D eigenvalue weighted by Crippen LogP contribution is 2.22. The number of hydrazone groups is 1. The van der Waals surface area contributed by atoms with E-state index in [1.165, 1.54) is 12.1 Å². The van der Waals surface area contributed by atoms with Gasteiger partial charge in [0.1, 0.15) is 11.5 Å². The molecule has 148 valence electrons. The lowest BCUT2D eigenvalue weighted by atomic mass is 10.1. The lowest BCUT2D eigenvalue weighted by molar-refractivity contribution is 0.0339. The largest absolute Gasteiger partial charge is 0.508 e. The summed E-state index contributed by atoms with van der Waals surface area (Å²) in [6.45, 7) is 5.86. The molecule has 0 saturated carbocycles. The van der Waals surface area contributed by atoms with Gasteiger partial charge in [-0.05, 0) is 48.9 Å². The number of morpholine rings is 1. The molecule has 2 aromatic rings. The van der Waals surface area contributed by atoms with E-state index in [1.807, 2.05) is 25.1 Å².